The van der Waals surface area contributed by atoms with Gasteiger partial charge in [0, 0.05) is 17.9 Å². The molecule has 0 radical (unpaired) electrons. The van der Waals surface area contributed by atoms with Crippen LogP contribution < -0.4 is 21.1 Å². The van der Waals surface area contributed by atoms with Gasteiger partial charge in [0.2, 0.25) is 0 Å². The van der Waals surface area contributed by atoms with E-state index in [1.165, 1.54) is 0 Å². The molecule has 0 atom stereocenters. The van der Waals surface area contributed by atoms with Crippen molar-refractivity contribution in [3.8, 4) is 11.5 Å². The van der Waals surface area contributed by atoms with Crippen molar-refractivity contribution in [2.45, 2.75) is 19.6 Å². The lowest BCUT2D eigenvalue weighted by atomic mass is 10.1. The molecule has 0 aliphatic heterocycles. The Balaban J connectivity index is 1.36. The van der Waals surface area contributed by atoms with Crippen LogP contribution in [0.15, 0.2) is 90.0 Å². The summed E-state index contributed by atoms with van der Waals surface area (Å²) in [6.07, 6.45) is 0.510. The second kappa shape index (κ2) is 9.63. The molecule has 0 bridgehead atoms. The van der Waals surface area contributed by atoms with E-state index in [-0.39, 0.29) is 0 Å². The van der Waals surface area contributed by atoms with Crippen LogP contribution in [0.2, 0.25) is 0 Å². The van der Waals surface area contributed by atoms with Gasteiger partial charge in [-0.2, -0.15) is 5.10 Å². The van der Waals surface area contributed by atoms with E-state index in [9.17, 15) is 0 Å². The summed E-state index contributed by atoms with van der Waals surface area (Å²) < 4.78 is 11.9. The summed E-state index contributed by atoms with van der Waals surface area (Å²) in [5, 5.41) is 4.63. The number of aromatic nitrogens is 1. The molecule has 4 aromatic rings. The summed E-state index contributed by atoms with van der Waals surface area (Å²) in [7, 11) is 0. The molecule has 0 unspecified atom stereocenters. The highest BCUT2D eigenvalue weighted by atomic mass is 16.5. The molecule has 6 heteroatoms. The maximum absolute atomic E-state index is 5.95. The van der Waals surface area contributed by atoms with Crippen LogP contribution in [0.3, 0.4) is 0 Å². The maximum Gasteiger partial charge on any atom is 0.130 e. The molecule has 3 aromatic carbocycles. The first-order valence-electron chi connectivity index (χ1n) is 10.00. The van der Waals surface area contributed by atoms with E-state index in [0.29, 0.717) is 25.5 Å². The van der Waals surface area contributed by atoms with Crippen molar-refractivity contribution in [2.75, 3.05) is 0 Å². The molecule has 0 saturated heterocycles. The molecule has 0 aliphatic rings. The Morgan fingerprint density at radius 1 is 0.774 bits per heavy atom. The first kappa shape index (κ1) is 20.2. The van der Waals surface area contributed by atoms with E-state index in [2.05, 4.69) is 16.2 Å². The first-order valence-corrected chi connectivity index (χ1v) is 10.00. The van der Waals surface area contributed by atoms with Gasteiger partial charge in [-0.05, 0) is 35.4 Å². The minimum absolute atomic E-state index is 0.389. The molecule has 0 fully saturated rings. The summed E-state index contributed by atoms with van der Waals surface area (Å²) in [4.78, 5) is 4.64. The third-order valence-electron chi connectivity index (χ3n) is 4.80. The van der Waals surface area contributed by atoms with E-state index in [4.69, 9.17) is 21.1 Å². The number of nitrogens with two attached hydrogens (primary N) is 2. The lowest BCUT2D eigenvalue weighted by Gasteiger charge is -2.11. The van der Waals surface area contributed by atoms with E-state index in [1.54, 1.807) is 0 Å². The van der Waals surface area contributed by atoms with Crippen molar-refractivity contribution in [3.63, 3.8) is 0 Å². The van der Waals surface area contributed by atoms with E-state index in [1.807, 2.05) is 78.9 Å². The van der Waals surface area contributed by atoms with Crippen molar-refractivity contribution in [3.05, 3.63) is 102 Å². The lowest BCUT2D eigenvalue weighted by Crippen LogP contribution is -2.17. The normalized spacial score (nSPS) is 11.4. The van der Waals surface area contributed by atoms with Crippen molar-refractivity contribution >= 4 is 16.7 Å². The second-order valence-corrected chi connectivity index (χ2v) is 7.16. The zero-order valence-corrected chi connectivity index (χ0v) is 17.1. The fourth-order valence-corrected chi connectivity index (χ4v) is 3.25. The highest BCUT2D eigenvalue weighted by Crippen LogP contribution is 2.22. The first-order chi connectivity index (χ1) is 15.2. The van der Waals surface area contributed by atoms with Crippen molar-refractivity contribution in [1.29, 1.82) is 0 Å². The van der Waals surface area contributed by atoms with E-state index >= 15 is 0 Å². The van der Waals surface area contributed by atoms with Crippen LogP contribution in [0.25, 0.3) is 10.9 Å². The minimum atomic E-state index is 0.389. The number of benzene rings is 3. The molecule has 156 valence electrons. The smallest absolute Gasteiger partial charge is 0.130 e. The number of rotatable bonds is 8. The Bertz CT molecular complexity index is 1210. The SMILES string of the molecule is N/N=C(\N)Cc1cccc(COc2cccc(OCc3ccc4ccccc4n3)c2)c1. The second-order valence-electron chi connectivity index (χ2n) is 7.16. The summed E-state index contributed by atoms with van der Waals surface area (Å²) in [5.41, 5.74) is 9.62. The summed E-state index contributed by atoms with van der Waals surface area (Å²) in [6, 6.07) is 27.7. The van der Waals surface area contributed by atoms with Crippen molar-refractivity contribution in [1.82, 2.24) is 4.98 Å². The zero-order chi connectivity index (χ0) is 21.5. The lowest BCUT2D eigenvalue weighted by molar-refractivity contribution is 0.287. The summed E-state index contributed by atoms with van der Waals surface area (Å²) >= 11 is 0. The largest absolute Gasteiger partial charge is 0.489 e. The average Bonchev–Trinajstić information content (AvgIpc) is 2.82. The predicted molar refractivity (Wildman–Crippen MR) is 123 cm³/mol. The standard InChI is InChI=1S/C25H24N4O2/c26-25(29-27)14-18-5-3-6-19(13-18)16-30-22-8-4-9-23(15-22)31-17-21-12-11-20-7-1-2-10-24(20)28-21/h1-13,15H,14,16-17,27H2,(H2,26,29). The number of para-hydroxylation sites is 1. The molecule has 4 rings (SSSR count). The summed E-state index contributed by atoms with van der Waals surface area (Å²) in [5.74, 6) is 7.07. The summed E-state index contributed by atoms with van der Waals surface area (Å²) in [6.45, 7) is 0.823. The van der Waals surface area contributed by atoms with Gasteiger partial charge in [0.1, 0.15) is 30.5 Å². The number of fused-ring (bicyclic) bond motifs is 1. The molecule has 0 aliphatic carbocycles. The molecule has 0 amide bonds. The monoisotopic (exact) mass is 412 g/mol. The predicted octanol–water partition coefficient (Wildman–Crippen LogP) is 4.17. The van der Waals surface area contributed by atoms with Crippen LogP contribution in [0.5, 0.6) is 11.5 Å². The van der Waals surface area contributed by atoms with Crippen LogP contribution >= 0.6 is 0 Å². The minimum Gasteiger partial charge on any atom is -0.489 e. The maximum atomic E-state index is 5.95. The van der Waals surface area contributed by atoms with Gasteiger partial charge in [-0.25, -0.2) is 4.98 Å². The van der Waals surface area contributed by atoms with Gasteiger partial charge in [0.05, 0.1) is 11.2 Å². The van der Waals surface area contributed by atoms with Crippen LogP contribution in [0.1, 0.15) is 16.8 Å². The van der Waals surface area contributed by atoms with Crippen molar-refractivity contribution < 1.29 is 9.47 Å². The topological polar surface area (TPSA) is 95.8 Å². The van der Waals surface area contributed by atoms with E-state index in [0.717, 1.165) is 39.2 Å². The highest BCUT2D eigenvalue weighted by Gasteiger charge is 2.04. The van der Waals surface area contributed by atoms with Gasteiger partial charge in [-0.15, -0.1) is 0 Å². The molecular formula is C25H24N4O2. The molecule has 0 saturated carbocycles. The number of hydrogen-bond donors (Lipinski definition) is 2. The van der Waals surface area contributed by atoms with Crippen LogP contribution in [0.4, 0.5) is 0 Å². The molecule has 6 nitrogen and oxygen atoms in total. The Labute approximate surface area is 181 Å². The van der Waals surface area contributed by atoms with Gasteiger partial charge in [-0.1, -0.05) is 54.6 Å². The van der Waals surface area contributed by atoms with Gasteiger partial charge in [0.25, 0.3) is 0 Å². The van der Waals surface area contributed by atoms with Crippen LogP contribution in [-0.2, 0) is 19.6 Å². The van der Waals surface area contributed by atoms with Gasteiger partial charge >= 0.3 is 0 Å². The van der Waals surface area contributed by atoms with Gasteiger partial charge in [-0.3, -0.25) is 0 Å². The number of hydrogen-bond acceptors (Lipinski definition) is 5. The van der Waals surface area contributed by atoms with Crippen LogP contribution in [0, 0.1) is 0 Å². The highest BCUT2D eigenvalue weighted by molar-refractivity contribution is 5.82. The molecular weight excluding hydrogens is 388 g/mol. The number of ether oxygens (including phenoxy) is 2. The third kappa shape index (κ3) is 5.51. The Morgan fingerprint density at radius 2 is 1.52 bits per heavy atom. The molecule has 31 heavy (non-hydrogen) atoms. The van der Waals surface area contributed by atoms with Crippen LogP contribution in [-0.4, -0.2) is 10.8 Å². The number of hydrazone groups is 1. The number of nitrogens with zero attached hydrogens (tertiary/aromatic N) is 2. The fraction of sp³-hybridized carbons (Fsp3) is 0.120. The fourth-order valence-electron chi connectivity index (χ4n) is 3.25. The average molecular weight is 412 g/mol. The van der Waals surface area contributed by atoms with Crippen molar-refractivity contribution in [2.24, 2.45) is 16.7 Å². The quantitative estimate of drug-likeness (QED) is 0.196. The Morgan fingerprint density at radius 3 is 2.35 bits per heavy atom. The number of pyridine rings is 1. The molecule has 4 N–H and O–H groups in total. The Kier molecular flexibility index (Phi) is 6.28. The molecule has 1 heterocycles. The zero-order valence-electron chi connectivity index (χ0n) is 17.1. The molecule has 1 aromatic heterocycles. The van der Waals surface area contributed by atoms with Gasteiger partial charge < -0.3 is 21.1 Å². The van der Waals surface area contributed by atoms with E-state index < -0.39 is 0 Å². The Hall–Kier alpha value is -4.06. The number of amidine groups is 1. The third-order valence-corrected chi connectivity index (χ3v) is 4.80. The van der Waals surface area contributed by atoms with Gasteiger partial charge in [0.15, 0.2) is 0 Å². The molecule has 0 spiro atoms.